The Morgan fingerprint density at radius 1 is 1.09 bits per heavy atom. The van der Waals surface area contributed by atoms with Crippen LogP contribution in [0.15, 0.2) is 46.1 Å². The fraction of sp³-hybridized carbons (Fsp3) is 0.133. The van der Waals surface area contributed by atoms with Crippen LogP contribution in [0.25, 0.3) is 11.2 Å². The van der Waals surface area contributed by atoms with E-state index in [4.69, 9.17) is 4.74 Å². The van der Waals surface area contributed by atoms with Gasteiger partial charge < -0.3 is 4.74 Å². The summed E-state index contributed by atoms with van der Waals surface area (Å²) in [5, 5.41) is 0. The van der Waals surface area contributed by atoms with E-state index in [0.717, 1.165) is 4.57 Å². The third-order valence-electron chi connectivity index (χ3n) is 3.34. The highest BCUT2D eigenvalue weighted by Crippen LogP contribution is 2.11. The molecule has 0 saturated heterocycles. The zero-order valence-electron chi connectivity index (χ0n) is 12.4. The molecule has 0 unspecified atom stereocenters. The second-order valence-electron chi connectivity index (χ2n) is 4.84. The average molecular weight is 312 g/mol. The van der Waals surface area contributed by atoms with E-state index in [1.54, 1.807) is 30.3 Å². The lowest BCUT2D eigenvalue weighted by molar-refractivity contribution is 0.0727. The number of esters is 1. The molecule has 0 saturated carbocycles. The first-order chi connectivity index (χ1) is 11.0. The van der Waals surface area contributed by atoms with Crippen LogP contribution in [0.1, 0.15) is 10.4 Å². The van der Waals surface area contributed by atoms with Crippen LogP contribution in [-0.4, -0.2) is 25.1 Å². The number of carbonyl (C=O) groups excluding carboxylic acids is 1. The van der Waals surface area contributed by atoms with Crippen LogP contribution < -0.4 is 16.0 Å². The van der Waals surface area contributed by atoms with Gasteiger partial charge in [0.2, 0.25) is 5.88 Å². The maximum absolute atomic E-state index is 12.0. The van der Waals surface area contributed by atoms with E-state index in [9.17, 15) is 14.4 Å². The molecule has 0 aliphatic carbocycles. The lowest BCUT2D eigenvalue weighted by Gasteiger charge is -2.07. The van der Waals surface area contributed by atoms with Crippen molar-refractivity contribution < 1.29 is 9.53 Å². The van der Waals surface area contributed by atoms with Crippen molar-refractivity contribution in [3.63, 3.8) is 0 Å². The smallest absolute Gasteiger partial charge is 0.344 e. The molecule has 23 heavy (non-hydrogen) atoms. The summed E-state index contributed by atoms with van der Waals surface area (Å²) in [5.41, 5.74) is -0.669. The van der Waals surface area contributed by atoms with Gasteiger partial charge in [0.15, 0.2) is 11.2 Å². The quantitative estimate of drug-likeness (QED) is 0.629. The molecule has 3 rings (SSSR count). The molecule has 2 aromatic heterocycles. The fourth-order valence-corrected chi connectivity index (χ4v) is 2.09. The SMILES string of the molecule is Cn1c(=O)c2ncc(OC(=O)c3ccccc3)nc2n(C)c1=O. The van der Waals surface area contributed by atoms with Crippen LogP contribution in [0.2, 0.25) is 0 Å². The van der Waals surface area contributed by atoms with E-state index >= 15 is 0 Å². The van der Waals surface area contributed by atoms with Gasteiger partial charge in [0.1, 0.15) is 0 Å². The maximum atomic E-state index is 12.0. The van der Waals surface area contributed by atoms with E-state index in [1.165, 1.54) is 24.9 Å². The molecule has 0 N–H and O–H groups in total. The zero-order chi connectivity index (χ0) is 16.6. The lowest BCUT2D eigenvalue weighted by atomic mass is 10.2. The minimum absolute atomic E-state index is 0.0223. The molecule has 0 fully saturated rings. The molecule has 116 valence electrons. The summed E-state index contributed by atoms with van der Waals surface area (Å²) < 4.78 is 7.24. The van der Waals surface area contributed by atoms with Gasteiger partial charge in [-0.25, -0.2) is 14.6 Å². The first kappa shape index (κ1) is 14.6. The predicted molar refractivity (Wildman–Crippen MR) is 81.4 cm³/mol. The minimum Gasteiger partial charge on any atom is -0.402 e. The van der Waals surface area contributed by atoms with Gasteiger partial charge in [-0.15, -0.1) is 0 Å². The van der Waals surface area contributed by atoms with Crippen LogP contribution >= 0.6 is 0 Å². The van der Waals surface area contributed by atoms with Crippen LogP contribution in [0.4, 0.5) is 0 Å². The number of aryl methyl sites for hydroxylation is 1. The Morgan fingerprint density at radius 3 is 2.48 bits per heavy atom. The number of fused-ring (bicyclic) bond motifs is 1. The Bertz CT molecular complexity index is 1020. The fourth-order valence-electron chi connectivity index (χ4n) is 2.09. The Kier molecular flexibility index (Phi) is 3.49. The van der Waals surface area contributed by atoms with Crippen molar-refractivity contribution in [3.05, 3.63) is 62.9 Å². The van der Waals surface area contributed by atoms with Crippen molar-refractivity contribution in [1.29, 1.82) is 0 Å². The molecule has 0 spiro atoms. The number of carbonyl (C=O) groups is 1. The van der Waals surface area contributed by atoms with Gasteiger partial charge in [-0.05, 0) is 12.1 Å². The summed E-state index contributed by atoms with van der Waals surface area (Å²) in [6.07, 6.45) is 1.18. The van der Waals surface area contributed by atoms with Crippen LogP contribution in [0.5, 0.6) is 5.88 Å². The van der Waals surface area contributed by atoms with Crippen LogP contribution in [0, 0.1) is 0 Å². The maximum Gasteiger partial charge on any atom is 0.344 e. The summed E-state index contributed by atoms with van der Waals surface area (Å²) in [4.78, 5) is 43.9. The van der Waals surface area contributed by atoms with E-state index in [-0.39, 0.29) is 17.0 Å². The number of rotatable bonds is 2. The Labute approximate surface area is 129 Å². The number of benzene rings is 1. The van der Waals surface area contributed by atoms with Gasteiger partial charge in [0.25, 0.3) is 5.56 Å². The molecule has 1 aromatic carbocycles. The third kappa shape index (κ3) is 2.50. The number of hydrogen-bond acceptors (Lipinski definition) is 6. The Morgan fingerprint density at radius 2 is 1.78 bits per heavy atom. The van der Waals surface area contributed by atoms with Gasteiger partial charge in [0, 0.05) is 14.1 Å². The predicted octanol–water partition coefficient (Wildman–Crippen LogP) is 0.246. The van der Waals surface area contributed by atoms with Gasteiger partial charge in [-0.1, -0.05) is 18.2 Å². The normalized spacial score (nSPS) is 10.7. The van der Waals surface area contributed by atoms with Crippen molar-refractivity contribution in [2.45, 2.75) is 0 Å². The van der Waals surface area contributed by atoms with Gasteiger partial charge >= 0.3 is 11.7 Å². The van der Waals surface area contributed by atoms with Crippen LogP contribution in [0.3, 0.4) is 0 Å². The molecule has 8 heteroatoms. The summed E-state index contributed by atoms with van der Waals surface area (Å²) in [6, 6.07) is 8.38. The molecule has 0 aliphatic heterocycles. The van der Waals surface area contributed by atoms with Crippen molar-refractivity contribution in [1.82, 2.24) is 19.1 Å². The highest BCUT2D eigenvalue weighted by molar-refractivity contribution is 5.90. The topological polar surface area (TPSA) is 96.1 Å². The van der Waals surface area contributed by atoms with E-state index in [2.05, 4.69) is 9.97 Å². The van der Waals surface area contributed by atoms with Gasteiger partial charge in [0.05, 0.1) is 11.8 Å². The highest BCUT2D eigenvalue weighted by Gasteiger charge is 2.14. The number of nitrogens with zero attached hydrogens (tertiary/aromatic N) is 4. The third-order valence-corrected chi connectivity index (χ3v) is 3.34. The minimum atomic E-state index is -0.604. The molecular formula is C15H12N4O4. The molecule has 8 nitrogen and oxygen atoms in total. The Hall–Kier alpha value is -3.29. The molecule has 0 amide bonds. The van der Waals surface area contributed by atoms with E-state index < -0.39 is 17.2 Å². The number of hydrogen-bond donors (Lipinski definition) is 0. The second kappa shape index (κ2) is 5.48. The van der Waals surface area contributed by atoms with E-state index in [0.29, 0.717) is 5.56 Å². The molecule has 0 bridgehead atoms. The Balaban J connectivity index is 2.06. The van der Waals surface area contributed by atoms with Crippen molar-refractivity contribution >= 4 is 17.1 Å². The molecule has 2 heterocycles. The molecule has 3 aromatic rings. The largest absolute Gasteiger partial charge is 0.402 e. The second-order valence-corrected chi connectivity index (χ2v) is 4.84. The number of ether oxygens (including phenoxy) is 1. The summed E-state index contributed by atoms with van der Waals surface area (Å²) >= 11 is 0. The lowest BCUT2D eigenvalue weighted by Crippen LogP contribution is -2.37. The first-order valence-corrected chi connectivity index (χ1v) is 6.69. The van der Waals surface area contributed by atoms with Crippen molar-refractivity contribution in [2.24, 2.45) is 14.1 Å². The average Bonchev–Trinajstić information content (AvgIpc) is 2.58. The van der Waals surface area contributed by atoms with Crippen molar-refractivity contribution in [2.75, 3.05) is 0 Å². The molecular weight excluding hydrogens is 300 g/mol. The summed E-state index contributed by atoms with van der Waals surface area (Å²) in [6.45, 7) is 0. The summed E-state index contributed by atoms with van der Waals surface area (Å²) in [5.74, 6) is -0.692. The first-order valence-electron chi connectivity index (χ1n) is 6.69. The highest BCUT2D eigenvalue weighted by atomic mass is 16.5. The molecule has 0 atom stereocenters. The summed E-state index contributed by atoms with van der Waals surface area (Å²) in [7, 11) is 2.82. The van der Waals surface area contributed by atoms with Gasteiger partial charge in [-0.2, -0.15) is 4.98 Å². The standard InChI is InChI=1S/C15H12N4O4/c1-18-12-11(13(20)19(2)15(18)22)16-8-10(17-12)23-14(21)9-6-4-3-5-7-9/h3-8H,1-2H3. The molecule has 0 radical (unpaired) electrons. The monoisotopic (exact) mass is 312 g/mol. The van der Waals surface area contributed by atoms with Gasteiger partial charge in [-0.3, -0.25) is 13.9 Å². The van der Waals surface area contributed by atoms with Crippen molar-refractivity contribution in [3.8, 4) is 5.88 Å². The van der Waals surface area contributed by atoms with E-state index in [1.807, 2.05) is 0 Å². The molecule has 0 aliphatic rings. The van der Waals surface area contributed by atoms with Crippen LogP contribution in [-0.2, 0) is 14.1 Å². The zero-order valence-corrected chi connectivity index (χ0v) is 12.4. The number of aromatic nitrogens is 4.